The van der Waals surface area contributed by atoms with E-state index in [1.807, 2.05) is 0 Å². The zero-order valence-electron chi connectivity index (χ0n) is 13.6. The van der Waals surface area contributed by atoms with Gasteiger partial charge in [0.1, 0.15) is 6.61 Å². The maximum atomic E-state index is 11.1. The van der Waals surface area contributed by atoms with Gasteiger partial charge in [-0.1, -0.05) is 42.0 Å². The van der Waals surface area contributed by atoms with Crippen LogP contribution in [-0.2, 0) is 23.7 Å². The van der Waals surface area contributed by atoms with E-state index in [-0.39, 0.29) is 12.6 Å². The molecule has 0 aromatic heterocycles. The number of ether oxygens (including phenoxy) is 4. The maximum Gasteiger partial charge on any atom is 0.333 e. The number of unbranched alkanes of at least 4 members (excludes halogenated alkanes) is 3. The van der Waals surface area contributed by atoms with Gasteiger partial charge < -0.3 is 18.9 Å². The molecule has 0 fully saturated rings. The highest BCUT2D eigenvalue weighted by atomic mass is 127. The number of hydrogen-bond donors (Lipinski definition) is 0. The molecule has 130 valence electrons. The van der Waals surface area contributed by atoms with E-state index in [2.05, 4.69) is 29.2 Å². The van der Waals surface area contributed by atoms with Crippen molar-refractivity contribution in [1.29, 1.82) is 0 Å². The fourth-order valence-corrected chi connectivity index (χ4v) is 2.05. The van der Waals surface area contributed by atoms with Crippen molar-refractivity contribution >= 4 is 28.6 Å². The van der Waals surface area contributed by atoms with Crippen LogP contribution in [-0.4, -0.2) is 56.6 Å². The Morgan fingerprint density at radius 3 is 1.86 bits per heavy atom. The number of hydrogen-bond acceptors (Lipinski definition) is 5. The molecule has 0 amide bonds. The topological polar surface area (TPSA) is 54.0 Å². The van der Waals surface area contributed by atoms with Crippen LogP contribution < -0.4 is 0 Å². The van der Waals surface area contributed by atoms with Gasteiger partial charge in [0.15, 0.2) is 0 Å². The molecule has 0 saturated heterocycles. The molecule has 0 aliphatic rings. The number of esters is 1. The van der Waals surface area contributed by atoms with E-state index in [1.165, 1.54) is 23.7 Å². The molecule has 0 rings (SSSR count). The molecule has 0 aromatic carbocycles. The molecule has 0 spiro atoms. The third kappa shape index (κ3) is 16.2. The SMILES string of the molecule is C=C(C)C(=O)OCCOCCOCCOCCCCCCI. The Morgan fingerprint density at radius 2 is 1.32 bits per heavy atom. The fourth-order valence-electron chi connectivity index (χ4n) is 1.51. The number of rotatable bonds is 16. The van der Waals surface area contributed by atoms with Gasteiger partial charge in [0, 0.05) is 12.2 Å². The van der Waals surface area contributed by atoms with Crippen LogP contribution in [0.1, 0.15) is 32.6 Å². The zero-order chi connectivity index (χ0) is 16.5. The van der Waals surface area contributed by atoms with Gasteiger partial charge in [-0.05, 0) is 24.2 Å². The lowest BCUT2D eigenvalue weighted by Crippen LogP contribution is -2.14. The second-order valence-electron chi connectivity index (χ2n) is 4.86. The van der Waals surface area contributed by atoms with Crippen LogP contribution in [0.3, 0.4) is 0 Å². The van der Waals surface area contributed by atoms with Gasteiger partial charge in [-0.3, -0.25) is 0 Å². The molecule has 0 aliphatic carbocycles. The summed E-state index contributed by atoms with van der Waals surface area (Å²) in [4.78, 5) is 11.1. The van der Waals surface area contributed by atoms with Gasteiger partial charge in [0.05, 0.1) is 33.0 Å². The van der Waals surface area contributed by atoms with Gasteiger partial charge in [-0.15, -0.1) is 0 Å². The molecule has 0 bridgehead atoms. The van der Waals surface area contributed by atoms with Crippen molar-refractivity contribution in [3.05, 3.63) is 12.2 Å². The predicted octanol–water partition coefficient (Wildman–Crippen LogP) is 3.15. The van der Waals surface area contributed by atoms with Gasteiger partial charge in [-0.25, -0.2) is 4.79 Å². The summed E-state index contributed by atoms with van der Waals surface area (Å²) in [5.74, 6) is -0.383. The minimum Gasteiger partial charge on any atom is -0.460 e. The van der Waals surface area contributed by atoms with E-state index in [0.29, 0.717) is 38.6 Å². The predicted molar refractivity (Wildman–Crippen MR) is 95.6 cm³/mol. The first-order chi connectivity index (χ1) is 10.7. The van der Waals surface area contributed by atoms with Crippen molar-refractivity contribution in [2.75, 3.05) is 50.7 Å². The fraction of sp³-hybridized carbons (Fsp3) is 0.812. The third-order valence-corrected chi connectivity index (χ3v) is 3.49. The minimum atomic E-state index is -0.383. The molecule has 6 heteroatoms. The number of carbonyl (C=O) groups excluding carboxylic acids is 1. The number of carbonyl (C=O) groups is 1. The van der Waals surface area contributed by atoms with Crippen molar-refractivity contribution in [2.45, 2.75) is 32.6 Å². The molecule has 0 unspecified atom stereocenters. The van der Waals surface area contributed by atoms with Crippen molar-refractivity contribution in [3.63, 3.8) is 0 Å². The van der Waals surface area contributed by atoms with E-state index in [0.717, 1.165) is 13.0 Å². The lowest BCUT2D eigenvalue weighted by atomic mass is 10.2. The Morgan fingerprint density at radius 1 is 0.818 bits per heavy atom. The minimum absolute atomic E-state index is 0.242. The van der Waals surface area contributed by atoms with E-state index in [4.69, 9.17) is 18.9 Å². The first kappa shape index (κ1) is 21.8. The lowest BCUT2D eigenvalue weighted by molar-refractivity contribution is -0.140. The summed E-state index contributed by atoms with van der Waals surface area (Å²) in [6.45, 7) is 8.76. The second-order valence-corrected chi connectivity index (χ2v) is 5.94. The maximum absolute atomic E-state index is 11.1. The highest BCUT2D eigenvalue weighted by Gasteiger charge is 2.01. The van der Waals surface area contributed by atoms with Crippen LogP contribution in [0.25, 0.3) is 0 Å². The molecular formula is C16H29IO5. The molecular weight excluding hydrogens is 399 g/mol. The summed E-state index contributed by atoms with van der Waals surface area (Å²) in [5.41, 5.74) is 0.397. The average molecular weight is 428 g/mol. The zero-order valence-corrected chi connectivity index (χ0v) is 15.8. The monoisotopic (exact) mass is 428 g/mol. The van der Waals surface area contributed by atoms with Crippen LogP contribution in [0.4, 0.5) is 0 Å². The summed E-state index contributed by atoms with van der Waals surface area (Å²) in [6, 6.07) is 0. The number of halogens is 1. The molecule has 0 aliphatic heterocycles. The first-order valence-corrected chi connectivity index (χ1v) is 9.33. The van der Waals surface area contributed by atoms with Gasteiger partial charge in [-0.2, -0.15) is 0 Å². The largest absolute Gasteiger partial charge is 0.460 e. The Bertz CT molecular complexity index is 284. The van der Waals surface area contributed by atoms with E-state index in [1.54, 1.807) is 6.92 Å². The lowest BCUT2D eigenvalue weighted by Gasteiger charge is -2.07. The Hall–Kier alpha value is -0.180. The number of alkyl halides is 1. The third-order valence-electron chi connectivity index (χ3n) is 2.73. The first-order valence-electron chi connectivity index (χ1n) is 7.80. The highest BCUT2D eigenvalue weighted by Crippen LogP contribution is 2.02. The standard InChI is InChI=1S/C16H29IO5/c1-15(2)16(18)22-14-13-21-12-11-20-10-9-19-8-6-4-3-5-7-17/h1,3-14H2,2H3. The molecule has 0 heterocycles. The molecule has 0 aromatic rings. The van der Waals surface area contributed by atoms with Crippen LogP contribution >= 0.6 is 22.6 Å². The van der Waals surface area contributed by atoms with Crippen molar-refractivity contribution < 1.29 is 23.7 Å². The quantitative estimate of drug-likeness (QED) is 0.124. The normalized spacial score (nSPS) is 10.6. The van der Waals surface area contributed by atoms with Gasteiger partial charge in [0.25, 0.3) is 0 Å². The highest BCUT2D eigenvalue weighted by molar-refractivity contribution is 14.1. The summed E-state index contributed by atoms with van der Waals surface area (Å²) in [7, 11) is 0. The van der Waals surface area contributed by atoms with Crippen molar-refractivity contribution in [2.24, 2.45) is 0 Å². The van der Waals surface area contributed by atoms with Crippen LogP contribution in [0, 0.1) is 0 Å². The van der Waals surface area contributed by atoms with Crippen LogP contribution in [0.2, 0.25) is 0 Å². The van der Waals surface area contributed by atoms with E-state index < -0.39 is 0 Å². The molecule has 0 saturated carbocycles. The average Bonchev–Trinajstić information content (AvgIpc) is 2.50. The van der Waals surface area contributed by atoms with Gasteiger partial charge in [0.2, 0.25) is 0 Å². The van der Waals surface area contributed by atoms with Gasteiger partial charge >= 0.3 is 5.97 Å². The molecule has 22 heavy (non-hydrogen) atoms. The summed E-state index contributed by atoms with van der Waals surface area (Å²) in [5, 5.41) is 0. The second kappa shape index (κ2) is 17.2. The summed E-state index contributed by atoms with van der Waals surface area (Å²) in [6.07, 6.45) is 4.97. The Balaban J connectivity index is 3.05. The van der Waals surface area contributed by atoms with Crippen molar-refractivity contribution in [3.8, 4) is 0 Å². The molecule has 5 nitrogen and oxygen atoms in total. The van der Waals surface area contributed by atoms with Crippen molar-refractivity contribution in [1.82, 2.24) is 0 Å². The molecule has 0 radical (unpaired) electrons. The smallest absolute Gasteiger partial charge is 0.333 e. The molecule has 0 N–H and O–H groups in total. The Labute approximate surface area is 147 Å². The van der Waals surface area contributed by atoms with Crippen LogP contribution in [0.15, 0.2) is 12.2 Å². The summed E-state index contributed by atoms with van der Waals surface area (Å²) >= 11 is 2.41. The van der Waals surface area contributed by atoms with Crippen LogP contribution in [0.5, 0.6) is 0 Å². The van der Waals surface area contributed by atoms with E-state index >= 15 is 0 Å². The molecule has 0 atom stereocenters. The summed E-state index contributed by atoms with van der Waals surface area (Å²) < 4.78 is 22.2. The van der Waals surface area contributed by atoms with E-state index in [9.17, 15) is 4.79 Å². The Kier molecular flexibility index (Phi) is 17.0.